The van der Waals surface area contributed by atoms with Crippen LogP contribution in [-0.4, -0.2) is 59.4 Å². The molecule has 1 spiro atoms. The van der Waals surface area contributed by atoms with E-state index in [0.717, 1.165) is 16.0 Å². The number of anilines is 1. The molecule has 0 aromatic heterocycles. The smallest absolute Gasteiger partial charge is 0.418 e. The first kappa shape index (κ1) is 24.8. The Labute approximate surface area is 194 Å². The monoisotopic (exact) mass is 461 g/mol. The van der Waals surface area contributed by atoms with Crippen molar-refractivity contribution in [1.29, 1.82) is 0 Å². The Balaban J connectivity index is 2.58. The number of nitrogens with two attached hydrogens (primary N) is 1. The summed E-state index contributed by atoms with van der Waals surface area (Å²) in [5, 5.41) is 20.0. The normalized spacial score (nSPS) is 23.2. The number of fused-ring (bicyclic) bond motifs is 2. The standard InChI is InChI=1S/C24H35N3O6/c1-22(2,3)17-14(33-7)11-13-16(18(17)23(4,5)6)24(19(28)27(13)21(31)32)9-8-10-26(20(29)30)15(24)12-25/h11,15H,8-10,12,25H2,1-7H3,(H,29,30)(H,31,32). The average molecular weight is 462 g/mol. The highest BCUT2D eigenvalue weighted by molar-refractivity contribution is 6.21. The first-order valence-corrected chi connectivity index (χ1v) is 11.2. The first-order valence-electron chi connectivity index (χ1n) is 11.2. The maximum absolute atomic E-state index is 14.0. The third kappa shape index (κ3) is 3.53. The Kier molecular flexibility index (Phi) is 5.94. The predicted octanol–water partition coefficient (Wildman–Crippen LogP) is 3.65. The molecule has 182 valence electrons. The summed E-state index contributed by atoms with van der Waals surface area (Å²) in [6.45, 7) is 12.3. The van der Waals surface area contributed by atoms with Gasteiger partial charge in [-0.25, -0.2) is 14.5 Å². The molecule has 3 amide bonds. The summed E-state index contributed by atoms with van der Waals surface area (Å²) >= 11 is 0. The van der Waals surface area contributed by atoms with Crippen molar-refractivity contribution < 1.29 is 29.3 Å². The van der Waals surface area contributed by atoms with Gasteiger partial charge in [-0.2, -0.15) is 0 Å². The Morgan fingerprint density at radius 2 is 1.70 bits per heavy atom. The van der Waals surface area contributed by atoms with Gasteiger partial charge in [-0.3, -0.25) is 4.79 Å². The van der Waals surface area contributed by atoms with E-state index >= 15 is 0 Å². The molecule has 2 atom stereocenters. The Morgan fingerprint density at radius 3 is 2.12 bits per heavy atom. The third-order valence-electron chi connectivity index (χ3n) is 6.84. The van der Waals surface area contributed by atoms with E-state index in [0.29, 0.717) is 24.2 Å². The molecule has 1 saturated heterocycles. The van der Waals surface area contributed by atoms with Crippen molar-refractivity contribution in [3.8, 4) is 5.75 Å². The number of carbonyl (C=O) groups is 3. The van der Waals surface area contributed by atoms with Gasteiger partial charge in [0, 0.05) is 24.7 Å². The summed E-state index contributed by atoms with van der Waals surface area (Å²) in [5.41, 5.74) is 6.30. The lowest BCUT2D eigenvalue weighted by atomic mass is 9.62. The summed E-state index contributed by atoms with van der Waals surface area (Å²) in [4.78, 5) is 40.4. The maximum atomic E-state index is 14.0. The summed E-state index contributed by atoms with van der Waals surface area (Å²) in [6.07, 6.45) is -1.85. The van der Waals surface area contributed by atoms with Crippen LogP contribution in [0, 0.1) is 0 Å². The van der Waals surface area contributed by atoms with Crippen molar-refractivity contribution in [2.24, 2.45) is 5.73 Å². The number of hydrogen-bond donors (Lipinski definition) is 3. The molecule has 0 saturated carbocycles. The minimum absolute atomic E-state index is 0.106. The quantitative estimate of drug-likeness (QED) is 0.612. The second-order valence-electron chi connectivity index (χ2n) is 10.9. The lowest BCUT2D eigenvalue weighted by molar-refractivity contribution is -0.126. The van der Waals surface area contributed by atoms with Crippen molar-refractivity contribution in [1.82, 2.24) is 4.90 Å². The van der Waals surface area contributed by atoms with Crippen molar-refractivity contribution in [2.75, 3.05) is 25.1 Å². The number of rotatable bonds is 2. The molecule has 4 N–H and O–H groups in total. The van der Waals surface area contributed by atoms with E-state index in [1.807, 2.05) is 41.5 Å². The Morgan fingerprint density at radius 1 is 1.12 bits per heavy atom. The number of imide groups is 1. The highest BCUT2D eigenvalue weighted by atomic mass is 16.5. The summed E-state index contributed by atoms with van der Waals surface area (Å²) in [7, 11) is 1.52. The van der Waals surface area contributed by atoms with Crippen LogP contribution in [0.3, 0.4) is 0 Å². The lowest BCUT2D eigenvalue weighted by Gasteiger charge is -2.47. The zero-order chi connectivity index (χ0) is 25.1. The Hall–Kier alpha value is -2.81. The summed E-state index contributed by atoms with van der Waals surface area (Å²) < 4.78 is 5.72. The number of amides is 3. The number of piperidine rings is 1. The van der Waals surface area contributed by atoms with Crippen molar-refractivity contribution in [3.05, 3.63) is 22.8 Å². The van der Waals surface area contributed by atoms with Crippen LogP contribution >= 0.6 is 0 Å². The van der Waals surface area contributed by atoms with Gasteiger partial charge in [-0.05, 0) is 34.8 Å². The second kappa shape index (κ2) is 7.90. The summed E-state index contributed by atoms with van der Waals surface area (Å²) in [5.74, 6) is -0.150. The fraction of sp³-hybridized carbons (Fsp3) is 0.625. The van der Waals surface area contributed by atoms with E-state index in [9.17, 15) is 24.6 Å². The molecule has 9 heteroatoms. The predicted molar refractivity (Wildman–Crippen MR) is 124 cm³/mol. The molecule has 2 aliphatic rings. The van der Waals surface area contributed by atoms with E-state index in [1.54, 1.807) is 6.07 Å². The van der Waals surface area contributed by atoms with Gasteiger partial charge in [0.2, 0.25) is 5.91 Å². The van der Waals surface area contributed by atoms with Crippen LogP contribution in [0.2, 0.25) is 0 Å². The van der Waals surface area contributed by atoms with Crippen LogP contribution in [0.5, 0.6) is 5.75 Å². The number of nitrogens with zero attached hydrogens (tertiary/aromatic N) is 2. The molecule has 1 aromatic rings. The van der Waals surface area contributed by atoms with Gasteiger partial charge in [0.25, 0.3) is 0 Å². The van der Waals surface area contributed by atoms with Crippen molar-refractivity contribution in [3.63, 3.8) is 0 Å². The molecule has 3 rings (SSSR count). The van der Waals surface area contributed by atoms with Crippen LogP contribution in [0.15, 0.2) is 6.07 Å². The molecule has 0 radical (unpaired) electrons. The molecule has 33 heavy (non-hydrogen) atoms. The number of ether oxygens (including phenoxy) is 1. The van der Waals surface area contributed by atoms with Gasteiger partial charge < -0.3 is 25.6 Å². The van der Waals surface area contributed by atoms with Crippen LogP contribution in [0.25, 0.3) is 0 Å². The number of carboxylic acid groups (broad SMARTS) is 2. The zero-order valence-corrected chi connectivity index (χ0v) is 20.5. The van der Waals surface area contributed by atoms with Crippen LogP contribution in [0.1, 0.15) is 71.1 Å². The molecule has 9 nitrogen and oxygen atoms in total. The van der Waals surface area contributed by atoms with Gasteiger partial charge in [0.15, 0.2) is 0 Å². The third-order valence-corrected chi connectivity index (χ3v) is 6.84. The number of likely N-dealkylation sites (tertiary alicyclic amines) is 1. The van der Waals surface area contributed by atoms with Crippen LogP contribution < -0.4 is 15.4 Å². The molecule has 0 aliphatic carbocycles. The molecular weight excluding hydrogens is 426 g/mol. The number of benzene rings is 1. The molecule has 2 unspecified atom stereocenters. The largest absolute Gasteiger partial charge is 0.496 e. The van der Waals surface area contributed by atoms with Gasteiger partial charge in [-0.15, -0.1) is 0 Å². The van der Waals surface area contributed by atoms with E-state index in [4.69, 9.17) is 10.5 Å². The number of hydrogen-bond acceptors (Lipinski definition) is 5. The van der Waals surface area contributed by atoms with Crippen LogP contribution in [-0.2, 0) is 21.0 Å². The van der Waals surface area contributed by atoms with Crippen LogP contribution in [0.4, 0.5) is 15.3 Å². The van der Waals surface area contributed by atoms with E-state index < -0.39 is 40.4 Å². The number of methoxy groups -OCH3 is 1. The van der Waals surface area contributed by atoms with Gasteiger partial charge in [-0.1, -0.05) is 41.5 Å². The molecule has 1 fully saturated rings. The van der Waals surface area contributed by atoms with Crippen molar-refractivity contribution >= 4 is 23.8 Å². The summed E-state index contributed by atoms with van der Waals surface area (Å²) in [6, 6.07) is 0.723. The van der Waals surface area contributed by atoms with Crippen molar-refractivity contribution in [2.45, 2.75) is 76.7 Å². The lowest BCUT2D eigenvalue weighted by Crippen LogP contribution is -2.63. The van der Waals surface area contributed by atoms with Gasteiger partial charge >= 0.3 is 12.2 Å². The van der Waals surface area contributed by atoms with E-state index in [2.05, 4.69) is 0 Å². The average Bonchev–Trinajstić information content (AvgIpc) is 2.93. The van der Waals surface area contributed by atoms with E-state index in [-0.39, 0.29) is 18.8 Å². The van der Waals surface area contributed by atoms with Gasteiger partial charge in [0.05, 0.1) is 24.3 Å². The highest BCUT2D eigenvalue weighted by Gasteiger charge is 2.62. The fourth-order valence-corrected chi connectivity index (χ4v) is 5.75. The molecule has 0 bridgehead atoms. The minimum Gasteiger partial charge on any atom is -0.496 e. The molecule has 2 aliphatic heterocycles. The minimum atomic E-state index is -1.41. The topological polar surface area (TPSA) is 133 Å². The fourth-order valence-electron chi connectivity index (χ4n) is 5.75. The van der Waals surface area contributed by atoms with Gasteiger partial charge in [0.1, 0.15) is 5.75 Å². The van der Waals surface area contributed by atoms with E-state index in [1.165, 1.54) is 12.0 Å². The molecule has 2 heterocycles. The Bertz CT molecular complexity index is 1010. The number of carbonyl (C=O) groups excluding carboxylic acids is 1. The molecular formula is C24H35N3O6. The second-order valence-corrected chi connectivity index (χ2v) is 10.9. The highest BCUT2D eigenvalue weighted by Crippen LogP contribution is 2.57. The molecule has 1 aromatic carbocycles. The maximum Gasteiger partial charge on any atom is 0.418 e. The first-order chi connectivity index (χ1) is 15.1. The zero-order valence-electron chi connectivity index (χ0n) is 20.5. The SMILES string of the molecule is COc1cc2c(c(C(C)(C)C)c1C(C)(C)C)C1(CCCN(C(=O)O)C1CN)C(=O)N2C(=O)O.